The van der Waals surface area contributed by atoms with Gasteiger partial charge in [-0.3, -0.25) is 4.79 Å². The van der Waals surface area contributed by atoms with E-state index in [1.54, 1.807) is 0 Å². The molecule has 1 heterocycles. The molecule has 0 spiro atoms. The normalized spacial score (nSPS) is 10.4. The number of hydrogen-bond donors (Lipinski definition) is 2. The first-order valence-corrected chi connectivity index (χ1v) is 7.69. The molecule has 1 aromatic heterocycles. The second-order valence-electron chi connectivity index (χ2n) is 4.76. The van der Waals surface area contributed by atoms with Crippen LogP contribution in [0.1, 0.15) is 15.2 Å². The molecular weight excluding hydrogens is 294 g/mol. The average molecular weight is 309 g/mol. The quantitative estimate of drug-likeness (QED) is 0.777. The van der Waals surface area contributed by atoms with Crippen LogP contribution in [0.3, 0.4) is 0 Å². The van der Waals surface area contributed by atoms with Crippen molar-refractivity contribution in [3.8, 4) is 11.3 Å². The number of aromatic nitrogens is 1. The van der Waals surface area contributed by atoms with Crippen molar-refractivity contribution in [1.82, 2.24) is 10.3 Å². The number of nitrogens with one attached hydrogen (secondary N) is 1. The molecule has 0 saturated carbocycles. The number of carbonyl (C=O) groups excluding carboxylic acids is 1. The Kier molecular flexibility index (Phi) is 4.16. The van der Waals surface area contributed by atoms with Crippen LogP contribution in [0.4, 0.5) is 5.13 Å². The van der Waals surface area contributed by atoms with Gasteiger partial charge in [-0.05, 0) is 5.56 Å². The number of nitrogens with zero attached hydrogens (tertiary/aromatic N) is 1. The van der Waals surface area contributed by atoms with E-state index in [0.717, 1.165) is 11.1 Å². The first-order chi connectivity index (χ1) is 10.7. The lowest BCUT2D eigenvalue weighted by Gasteiger charge is -2.05. The lowest BCUT2D eigenvalue weighted by atomic mass is 10.1. The molecule has 0 fully saturated rings. The monoisotopic (exact) mass is 309 g/mol. The van der Waals surface area contributed by atoms with Gasteiger partial charge in [0.05, 0.1) is 5.69 Å². The van der Waals surface area contributed by atoms with Gasteiger partial charge in [-0.15, -0.1) is 0 Å². The van der Waals surface area contributed by atoms with Gasteiger partial charge in [-0.2, -0.15) is 0 Å². The van der Waals surface area contributed by atoms with Crippen molar-refractivity contribution in [3.05, 3.63) is 71.1 Å². The number of rotatable bonds is 4. The van der Waals surface area contributed by atoms with E-state index in [1.165, 1.54) is 11.3 Å². The third kappa shape index (κ3) is 3.15. The third-order valence-corrected chi connectivity index (χ3v) is 4.08. The van der Waals surface area contributed by atoms with Crippen LogP contribution in [-0.4, -0.2) is 10.9 Å². The van der Waals surface area contributed by atoms with Gasteiger partial charge >= 0.3 is 0 Å². The first-order valence-electron chi connectivity index (χ1n) is 6.88. The highest BCUT2D eigenvalue weighted by molar-refractivity contribution is 7.17. The number of carbonyl (C=O) groups is 1. The molecule has 5 heteroatoms. The van der Waals surface area contributed by atoms with Crippen LogP contribution in [0.25, 0.3) is 11.3 Å². The molecule has 3 rings (SSSR count). The molecule has 0 aliphatic carbocycles. The van der Waals surface area contributed by atoms with Gasteiger partial charge in [0.1, 0.15) is 4.88 Å². The predicted molar refractivity (Wildman–Crippen MR) is 89.6 cm³/mol. The molecule has 3 aromatic rings. The van der Waals surface area contributed by atoms with Crippen molar-refractivity contribution in [2.45, 2.75) is 6.54 Å². The molecule has 0 atom stereocenters. The zero-order valence-corrected chi connectivity index (χ0v) is 12.6. The Hall–Kier alpha value is -2.66. The number of hydrogen-bond acceptors (Lipinski definition) is 4. The molecule has 1 amide bonds. The summed E-state index contributed by atoms with van der Waals surface area (Å²) in [6.07, 6.45) is 0. The van der Waals surface area contributed by atoms with Crippen LogP contribution in [0.2, 0.25) is 0 Å². The Labute approximate surface area is 132 Å². The molecule has 0 unspecified atom stereocenters. The molecule has 2 aromatic carbocycles. The smallest absolute Gasteiger partial charge is 0.264 e. The van der Waals surface area contributed by atoms with E-state index in [9.17, 15) is 4.79 Å². The van der Waals surface area contributed by atoms with Crippen LogP contribution in [-0.2, 0) is 6.54 Å². The molecule has 3 N–H and O–H groups in total. The summed E-state index contributed by atoms with van der Waals surface area (Å²) < 4.78 is 0. The maximum atomic E-state index is 12.4. The fourth-order valence-corrected chi connectivity index (χ4v) is 2.91. The first kappa shape index (κ1) is 14.3. The maximum Gasteiger partial charge on any atom is 0.264 e. The molecule has 0 saturated heterocycles. The Bertz CT molecular complexity index is 769. The highest BCUT2D eigenvalue weighted by Gasteiger charge is 2.18. The van der Waals surface area contributed by atoms with Crippen molar-refractivity contribution in [1.29, 1.82) is 0 Å². The topological polar surface area (TPSA) is 68.0 Å². The molecular formula is C17H15N3OS. The highest BCUT2D eigenvalue weighted by atomic mass is 32.1. The number of nitrogens with two attached hydrogens (primary N) is 1. The number of anilines is 1. The molecule has 22 heavy (non-hydrogen) atoms. The van der Waals surface area contributed by atoms with Gasteiger partial charge in [0.15, 0.2) is 5.13 Å². The summed E-state index contributed by atoms with van der Waals surface area (Å²) in [4.78, 5) is 17.3. The average Bonchev–Trinajstić information content (AvgIpc) is 2.96. The molecule has 110 valence electrons. The van der Waals surface area contributed by atoms with Gasteiger partial charge < -0.3 is 11.1 Å². The van der Waals surface area contributed by atoms with E-state index in [2.05, 4.69) is 10.3 Å². The maximum absolute atomic E-state index is 12.4. The Balaban J connectivity index is 1.81. The van der Waals surface area contributed by atoms with Gasteiger partial charge in [0.2, 0.25) is 0 Å². The number of amides is 1. The van der Waals surface area contributed by atoms with Crippen molar-refractivity contribution >= 4 is 22.4 Å². The fraction of sp³-hybridized carbons (Fsp3) is 0.0588. The van der Waals surface area contributed by atoms with E-state index in [0.29, 0.717) is 22.2 Å². The molecule has 4 nitrogen and oxygen atoms in total. The van der Waals surface area contributed by atoms with Gasteiger partial charge in [-0.1, -0.05) is 72.0 Å². The van der Waals surface area contributed by atoms with E-state index < -0.39 is 0 Å². The van der Waals surface area contributed by atoms with Crippen LogP contribution >= 0.6 is 11.3 Å². The van der Waals surface area contributed by atoms with Crippen molar-refractivity contribution in [3.63, 3.8) is 0 Å². The van der Waals surface area contributed by atoms with E-state index in [4.69, 9.17) is 5.73 Å². The molecule has 0 aliphatic heterocycles. The summed E-state index contributed by atoms with van der Waals surface area (Å²) in [6.45, 7) is 0.478. The van der Waals surface area contributed by atoms with Gasteiger partial charge in [-0.25, -0.2) is 4.98 Å². The van der Waals surface area contributed by atoms with Crippen molar-refractivity contribution < 1.29 is 4.79 Å². The van der Waals surface area contributed by atoms with Crippen LogP contribution < -0.4 is 11.1 Å². The van der Waals surface area contributed by atoms with Crippen LogP contribution in [0.15, 0.2) is 60.7 Å². The van der Waals surface area contributed by atoms with Crippen molar-refractivity contribution in [2.24, 2.45) is 0 Å². The van der Waals surface area contributed by atoms with Gasteiger partial charge in [0.25, 0.3) is 5.91 Å². The lowest BCUT2D eigenvalue weighted by Crippen LogP contribution is -2.22. The number of benzene rings is 2. The van der Waals surface area contributed by atoms with Crippen LogP contribution in [0.5, 0.6) is 0 Å². The zero-order valence-electron chi connectivity index (χ0n) is 11.8. The Morgan fingerprint density at radius 3 is 2.36 bits per heavy atom. The zero-order chi connectivity index (χ0) is 15.4. The number of thiazole rings is 1. The highest BCUT2D eigenvalue weighted by Crippen LogP contribution is 2.29. The van der Waals surface area contributed by atoms with Crippen LogP contribution in [0, 0.1) is 0 Å². The SMILES string of the molecule is Nc1nc(-c2ccccc2)c(C(=O)NCc2ccccc2)s1. The minimum Gasteiger partial charge on any atom is -0.375 e. The standard InChI is InChI=1S/C17H15N3OS/c18-17-20-14(13-9-5-2-6-10-13)15(22-17)16(21)19-11-12-7-3-1-4-8-12/h1-10H,11H2,(H2,18,20)(H,19,21). The Morgan fingerprint density at radius 1 is 1.05 bits per heavy atom. The molecule has 0 bridgehead atoms. The minimum atomic E-state index is -0.156. The predicted octanol–water partition coefficient (Wildman–Crippen LogP) is 3.32. The van der Waals surface area contributed by atoms with Crippen molar-refractivity contribution in [2.75, 3.05) is 5.73 Å². The summed E-state index contributed by atoms with van der Waals surface area (Å²) in [7, 11) is 0. The summed E-state index contributed by atoms with van der Waals surface area (Å²) in [5, 5.41) is 3.31. The second kappa shape index (κ2) is 6.41. The second-order valence-corrected chi connectivity index (χ2v) is 5.79. The summed E-state index contributed by atoms with van der Waals surface area (Å²) in [5.41, 5.74) is 8.36. The third-order valence-electron chi connectivity index (χ3n) is 3.19. The summed E-state index contributed by atoms with van der Waals surface area (Å²) >= 11 is 1.21. The van der Waals surface area contributed by atoms with E-state index >= 15 is 0 Å². The minimum absolute atomic E-state index is 0.156. The fourth-order valence-electron chi connectivity index (χ4n) is 2.14. The lowest BCUT2D eigenvalue weighted by molar-refractivity contribution is 0.0955. The van der Waals surface area contributed by atoms with E-state index in [1.807, 2.05) is 60.7 Å². The Morgan fingerprint density at radius 2 is 1.68 bits per heavy atom. The molecule has 0 aliphatic rings. The van der Waals surface area contributed by atoms with Gasteiger partial charge in [0, 0.05) is 12.1 Å². The summed E-state index contributed by atoms with van der Waals surface area (Å²) in [6, 6.07) is 19.4. The largest absolute Gasteiger partial charge is 0.375 e. The summed E-state index contributed by atoms with van der Waals surface area (Å²) in [5.74, 6) is -0.156. The van der Waals surface area contributed by atoms with E-state index in [-0.39, 0.29) is 5.91 Å². The number of nitrogen functional groups attached to an aromatic ring is 1. The molecule has 0 radical (unpaired) electrons.